The van der Waals surface area contributed by atoms with Crippen molar-refractivity contribution in [3.8, 4) is 0 Å². The number of hydrogen-bond donors (Lipinski definition) is 2. The zero-order valence-corrected chi connectivity index (χ0v) is 21.7. The molecule has 0 saturated carbocycles. The summed E-state index contributed by atoms with van der Waals surface area (Å²) in [5.74, 6) is 1.35. The van der Waals surface area contributed by atoms with Crippen LogP contribution in [0.25, 0.3) is 0 Å². The summed E-state index contributed by atoms with van der Waals surface area (Å²) >= 11 is 1.61. The van der Waals surface area contributed by atoms with Crippen molar-refractivity contribution in [2.45, 2.75) is 97.5 Å². The monoisotopic (exact) mass is 490 g/mol. The van der Waals surface area contributed by atoms with Gasteiger partial charge >= 0.3 is 15.4 Å². The van der Waals surface area contributed by atoms with Crippen LogP contribution in [0.4, 0.5) is 0 Å². The molecule has 3 atom stereocenters. The number of hydrogen-bond acceptors (Lipinski definition) is 6. The van der Waals surface area contributed by atoms with E-state index in [0.29, 0.717) is 12.2 Å². The first-order valence-corrected chi connectivity index (χ1v) is 15.9. The molecule has 0 aromatic rings. The Labute approximate surface area is 188 Å². The van der Waals surface area contributed by atoms with E-state index in [2.05, 4.69) is 13.8 Å². The van der Waals surface area contributed by atoms with Crippen LogP contribution < -0.4 is 0 Å². The van der Waals surface area contributed by atoms with Crippen LogP contribution in [0.1, 0.15) is 91.4 Å². The molecular weight excluding hydrogens is 446 g/mol. The maximum atomic E-state index is 12.5. The highest BCUT2D eigenvalue weighted by Crippen LogP contribution is 2.47. The average molecular weight is 491 g/mol. The van der Waals surface area contributed by atoms with Gasteiger partial charge in [0.15, 0.2) is 0 Å². The molecule has 0 aliphatic rings. The van der Waals surface area contributed by atoms with Gasteiger partial charge in [0.1, 0.15) is 6.10 Å². The molecule has 0 aromatic carbocycles. The van der Waals surface area contributed by atoms with Gasteiger partial charge in [0.2, 0.25) is 0 Å². The molecule has 0 amide bonds. The van der Waals surface area contributed by atoms with Gasteiger partial charge in [-0.05, 0) is 25.5 Å². The first kappa shape index (κ1) is 30.6. The van der Waals surface area contributed by atoms with Gasteiger partial charge in [0.25, 0.3) is 0 Å². The Bertz CT molecular complexity index is 494. The Morgan fingerprint density at radius 1 is 0.800 bits per heavy atom. The number of unbranched alkanes of at least 4 members (excludes halogenated alkanes) is 9. The number of phosphoric acid groups is 1. The molecule has 0 aromatic heterocycles. The van der Waals surface area contributed by atoms with Crippen LogP contribution >= 0.6 is 27.2 Å². The molecule has 10 heteroatoms. The Balaban J connectivity index is 4.46. The smallest absolute Gasteiger partial charge is 0.324 e. The highest BCUT2D eigenvalue weighted by Gasteiger charge is 2.28. The predicted molar refractivity (Wildman–Crippen MR) is 126 cm³/mol. The fourth-order valence-corrected chi connectivity index (χ4v) is 6.08. The van der Waals surface area contributed by atoms with Gasteiger partial charge in [0, 0.05) is 11.9 Å². The second kappa shape index (κ2) is 19.1. The molecule has 2 N–H and O–H groups in total. The summed E-state index contributed by atoms with van der Waals surface area (Å²) in [6.07, 6.45) is 11.3. The van der Waals surface area contributed by atoms with Crippen molar-refractivity contribution in [3.05, 3.63) is 0 Å². The first-order valence-electron chi connectivity index (χ1n) is 11.5. The van der Waals surface area contributed by atoms with E-state index in [0.717, 1.165) is 44.3 Å². The zero-order valence-electron chi connectivity index (χ0n) is 19.1. The Morgan fingerprint density at radius 3 is 1.97 bits per heavy atom. The molecule has 3 unspecified atom stereocenters. The maximum absolute atomic E-state index is 12.5. The van der Waals surface area contributed by atoms with Gasteiger partial charge in [-0.3, -0.25) is 13.6 Å². The van der Waals surface area contributed by atoms with Crippen molar-refractivity contribution < 1.29 is 32.5 Å². The van der Waals surface area contributed by atoms with Gasteiger partial charge in [-0.1, -0.05) is 71.6 Å². The van der Waals surface area contributed by atoms with Crippen molar-refractivity contribution >= 4 is 27.2 Å². The zero-order chi connectivity index (χ0) is 22.7. The lowest BCUT2D eigenvalue weighted by Crippen LogP contribution is -2.22. The maximum Gasteiger partial charge on any atom is 0.472 e. The molecule has 0 rings (SSSR count). The number of thioether (sulfide) groups is 1. The molecule has 0 heterocycles. The molecule has 0 aliphatic carbocycles. The Morgan fingerprint density at radius 2 is 1.37 bits per heavy atom. The normalized spacial score (nSPS) is 16.8. The van der Waals surface area contributed by atoms with E-state index in [4.69, 9.17) is 13.6 Å². The van der Waals surface area contributed by atoms with Crippen LogP contribution in [0.5, 0.6) is 0 Å². The number of phosphoric ester groups is 1. The average Bonchev–Trinajstić information content (AvgIpc) is 2.67. The van der Waals surface area contributed by atoms with Gasteiger partial charge in [-0.2, -0.15) is 11.8 Å². The van der Waals surface area contributed by atoms with Crippen LogP contribution in [-0.4, -0.2) is 46.8 Å². The summed E-state index contributed by atoms with van der Waals surface area (Å²) < 4.78 is 39.4. The summed E-state index contributed by atoms with van der Waals surface area (Å²) in [6, 6.07) is 0. The van der Waals surface area contributed by atoms with E-state index in [1.54, 1.807) is 18.7 Å². The van der Waals surface area contributed by atoms with Crippen LogP contribution in [0.2, 0.25) is 0 Å². The minimum Gasteiger partial charge on any atom is -0.324 e. The molecule has 0 fully saturated rings. The van der Waals surface area contributed by atoms with Gasteiger partial charge in [0.05, 0.1) is 13.2 Å². The topological polar surface area (TPSA) is 102 Å². The lowest BCUT2D eigenvalue weighted by molar-refractivity contribution is 0.0918. The first-order chi connectivity index (χ1) is 14.3. The fourth-order valence-electron chi connectivity index (χ4n) is 2.89. The van der Waals surface area contributed by atoms with E-state index in [1.165, 1.54) is 25.7 Å². The molecule has 0 aliphatic heterocycles. The molecule has 30 heavy (non-hydrogen) atoms. The summed E-state index contributed by atoms with van der Waals surface area (Å²) in [7, 11) is -7.94. The summed E-state index contributed by atoms with van der Waals surface area (Å²) in [6.45, 7) is 5.71. The minimum absolute atomic E-state index is 0.0440. The predicted octanol–water partition coefficient (Wildman–Crippen LogP) is 6.77. The minimum atomic E-state index is -4.17. The lowest BCUT2D eigenvalue weighted by Gasteiger charge is -2.22. The Kier molecular flexibility index (Phi) is 19.5. The fraction of sp³-hybridized carbons (Fsp3) is 1.00. The van der Waals surface area contributed by atoms with Crippen molar-refractivity contribution in [2.75, 3.05) is 30.9 Å². The second-order valence-corrected chi connectivity index (χ2v) is 12.1. The molecular formula is C20H44O7P2S. The van der Waals surface area contributed by atoms with E-state index >= 15 is 0 Å². The third-order valence-corrected chi connectivity index (χ3v) is 8.27. The molecule has 0 radical (unpaired) electrons. The van der Waals surface area contributed by atoms with E-state index in [1.807, 2.05) is 0 Å². The molecule has 0 bridgehead atoms. The van der Waals surface area contributed by atoms with E-state index in [-0.39, 0.29) is 19.4 Å². The van der Waals surface area contributed by atoms with Crippen molar-refractivity contribution in [1.29, 1.82) is 0 Å². The lowest BCUT2D eigenvalue weighted by atomic mass is 10.1. The third kappa shape index (κ3) is 19.3. The highest BCUT2D eigenvalue weighted by molar-refractivity contribution is 7.99. The molecule has 0 saturated heterocycles. The Hall–Kier alpha value is 0.610. The van der Waals surface area contributed by atoms with Crippen LogP contribution in [0.15, 0.2) is 0 Å². The van der Waals surface area contributed by atoms with Crippen molar-refractivity contribution in [3.63, 3.8) is 0 Å². The third-order valence-electron chi connectivity index (χ3n) is 4.52. The van der Waals surface area contributed by atoms with E-state index < -0.39 is 21.5 Å². The molecule has 7 nitrogen and oxygen atoms in total. The standard InChI is InChI=1S/C20H44O7P2S/c1-4-7-9-11-12-14-16-28(21,22)27-20(18-26-29(23,24)25-6-3)19-30-17-15-13-10-8-5-2/h20H,4-19H2,1-3H3,(H,21,22)(H,23,24). The second-order valence-electron chi connectivity index (χ2n) is 7.53. The summed E-state index contributed by atoms with van der Waals surface area (Å²) in [5.41, 5.74) is 0. The summed E-state index contributed by atoms with van der Waals surface area (Å²) in [5, 5.41) is 0. The van der Waals surface area contributed by atoms with Gasteiger partial charge < -0.3 is 14.3 Å². The van der Waals surface area contributed by atoms with Gasteiger partial charge in [-0.25, -0.2) is 4.57 Å². The largest absolute Gasteiger partial charge is 0.472 e. The van der Waals surface area contributed by atoms with Crippen LogP contribution in [-0.2, 0) is 22.7 Å². The quantitative estimate of drug-likeness (QED) is 0.127. The highest BCUT2D eigenvalue weighted by atomic mass is 32.2. The van der Waals surface area contributed by atoms with Crippen molar-refractivity contribution in [1.82, 2.24) is 0 Å². The van der Waals surface area contributed by atoms with Crippen LogP contribution in [0.3, 0.4) is 0 Å². The summed E-state index contributed by atoms with van der Waals surface area (Å²) in [4.78, 5) is 19.8. The SMILES string of the molecule is CCCCCCCCP(=O)(O)OC(COP(=O)(O)OCC)CSCCCCCCC. The number of rotatable bonds is 22. The molecule has 182 valence electrons. The van der Waals surface area contributed by atoms with E-state index in [9.17, 15) is 18.9 Å². The molecule has 0 spiro atoms. The van der Waals surface area contributed by atoms with Crippen molar-refractivity contribution in [2.24, 2.45) is 0 Å². The van der Waals surface area contributed by atoms with Gasteiger partial charge in [-0.15, -0.1) is 0 Å². The van der Waals surface area contributed by atoms with Crippen LogP contribution in [0, 0.1) is 0 Å².